The van der Waals surface area contributed by atoms with Crippen molar-refractivity contribution < 1.29 is 18.3 Å². The highest BCUT2D eigenvalue weighted by Crippen LogP contribution is 2.37. The predicted molar refractivity (Wildman–Crippen MR) is 120 cm³/mol. The Morgan fingerprint density at radius 1 is 1.23 bits per heavy atom. The van der Waals surface area contributed by atoms with Gasteiger partial charge >= 0.3 is 5.97 Å². The summed E-state index contributed by atoms with van der Waals surface area (Å²) in [6.45, 7) is -0.592. The molecule has 164 valence electrons. The van der Waals surface area contributed by atoms with Gasteiger partial charge in [-0.05, 0) is 17.7 Å². The molecule has 0 amide bonds. The third-order valence-electron chi connectivity index (χ3n) is 4.04. The fourth-order valence-electron chi connectivity index (χ4n) is 2.90. The van der Waals surface area contributed by atoms with Crippen LogP contribution in [0.25, 0.3) is 21.3 Å². The summed E-state index contributed by atoms with van der Waals surface area (Å²) in [6, 6.07) is 8.37. The highest BCUT2D eigenvalue weighted by atomic mass is 32.2. The number of rotatable bonds is 8. The number of aromatic nitrogens is 1. The zero-order valence-corrected chi connectivity index (χ0v) is 18.1. The zero-order valence-electron chi connectivity index (χ0n) is 15.7. The van der Waals surface area contributed by atoms with Crippen LogP contribution in [0.1, 0.15) is 5.56 Å². The molecule has 0 fully saturated rings. The summed E-state index contributed by atoms with van der Waals surface area (Å²) in [5.41, 5.74) is 15.7. The van der Waals surface area contributed by atoms with E-state index in [1.807, 2.05) is 6.07 Å². The topological polar surface area (TPSA) is 225 Å². The number of nitrogens with two attached hydrogens (primary N) is 4. The number of anilines is 1. The molecule has 0 aliphatic rings. The molecule has 3 aromatic rings. The highest BCUT2D eigenvalue weighted by molar-refractivity contribution is 7.86. The van der Waals surface area contributed by atoms with E-state index in [4.69, 9.17) is 27.6 Å². The Balaban J connectivity index is 2.33. The van der Waals surface area contributed by atoms with Gasteiger partial charge in [0.15, 0.2) is 11.0 Å². The second-order valence-corrected chi connectivity index (χ2v) is 9.26. The lowest BCUT2D eigenvalue weighted by Crippen LogP contribution is -2.29. The molecule has 0 radical (unpaired) electrons. The van der Waals surface area contributed by atoms with Gasteiger partial charge in [0.2, 0.25) is 0 Å². The van der Waals surface area contributed by atoms with Crippen LogP contribution in [0.4, 0.5) is 5.13 Å². The summed E-state index contributed by atoms with van der Waals surface area (Å²) in [7, 11) is -4.23. The Morgan fingerprint density at radius 2 is 1.97 bits per heavy atom. The molecule has 11 N–H and O–H groups in total. The maximum absolute atomic E-state index is 12.7. The molecular weight excluding hydrogens is 464 g/mol. The van der Waals surface area contributed by atoms with Gasteiger partial charge in [0.1, 0.15) is 28.5 Å². The highest BCUT2D eigenvalue weighted by Gasteiger charge is 2.25. The van der Waals surface area contributed by atoms with Crippen molar-refractivity contribution >= 4 is 60.5 Å². The summed E-state index contributed by atoms with van der Waals surface area (Å²) < 4.78 is 28.3. The molecule has 3 rings (SSSR count). The van der Waals surface area contributed by atoms with Gasteiger partial charge in [-0.2, -0.15) is 0 Å². The van der Waals surface area contributed by atoms with Crippen LogP contribution >= 0.6 is 11.3 Å². The van der Waals surface area contributed by atoms with Gasteiger partial charge in [0, 0.05) is 11.1 Å². The zero-order chi connectivity index (χ0) is 22.7. The van der Waals surface area contributed by atoms with E-state index in [-0.39, 0.29) is 21.2 Å². The van der Waals surface area contributed by atoms with Crippen LogP contribution in [-0.4, -0.2) is 36.9 Å². The monoisotopic (exact) mass is 482 g/mol. The first-order chi connectivity index (χ1) is 14.7. The van der Waals surface area contributed by atoms with Crippen molar-refractivity contribution in [3.05, 3.63) is 35.9 Å². The van der Waals surface area contributed by atoms with Crippen molar-refractivity contribution in [2.24, 2.45) is 21.8 Å². The average Bonchev–Trinajstić information content (AvgIpc) is 3.11. The molecule has 0 saturated heterocycles. The van der Waals surface area contributed by atoms with E-state index in [0.717, 1.165) is 4.70 Å². The Kier molecular flexibility index (Phi) is 6.94. The number of amidine groups is 1. The molecule has 0 spiro atoms. The number of benzene rings is 2. The van der Waals surface area contributed by atoms with E-state index >= 15 is 0 Å². The van der Waals surface area contributed by atoms with E-state index < -0.39 is 34.5 Å². The van der Waals surface area contributed by atoms with Crippen LogP contribution in [0.3, 0.4) is 0 Å². The van der Waals surface area contributed by atoms with Crippen LogP contribution in [0.15, 0.2) is 45.2 Å². The minimum atomic E-state index is -2.18. The Bertz CT molecular complexity index is 1240. The number of hydrazine groups is 1. The fourth-order valence-corrected chi connectivity index (χ4v) is 5.69. The second kappa shape index (κ2) is 9.46. The number of thiazole rings is 1. The van der Waals surface area contributed by atoms with Crippen molar-refractivity contribution in [3.63, 3.8) is 0 Å². The first-order valence-corrected chi connectivity index (χ1v) is 11.6. The molecule has 2 aromatic carbocycles. The lowest BCUT2D eigenvalue weighted by atomic mass is 9.98. The number of hydrogen-bond donors (Lipinski definition) is 7. The van der Waals surface area contributed by atoms with E-state index in [1.165, 1.54) is 17.4 Å². The van der Waals surface area contributed by atoms with Crippen molar-refractivity contribution in [2.45, 2.75) is 9.79 Å². The SMILES string of the molecule is NN/N=C(\N)c1c(-c2cccc3sc(N)nc23)ccc(S(=O)NCC(=O)O)c1S(N)=O. The number of carbonyl (C=O) groups is 1. The van der Waals surface area contributed by atoms with Crippen molar-refractivity contribution in [1.82, 2.24) is 15.2 Å². The number of carboxylic acid groups (broad SMARTS) is 1. The van der Waals surface area contributed by atoms with Crippen molar-refractivity contribution in [2.75, 3.05) is 12.3 Å². The average molecular weight is 483 g/mol. The first-order valence-electron chi connectivity index (χ1n) is 8.39. The van der Waals surface area contributed by atoms with Gasteiger partial charge in [-0.1, -0.05) is 29.5 Å². The molecule has 0 aliphatic heterocycles. The summed E-state index contributed by atoms with van der Waals surface area (Å²) in [5, 5.41) is 18.7. The lowest BCUT2D eigenvalue weighted by molar-refractivity contribution is -0.135. The van der Waals surface area contributed by atoms with Gasteiger partial charge in [0.05, 0.1) is 20.0 Å². The Morgan fingerprint density at radius 3 is 2.61 bits per heavy atom. The number of nitrogen functional groups attached to an aromatic ring is 1. The number of para-hydroxylation sites is 1. The predicted octanol–water partition coefficient (Wildman–Crippen LogP) is -0.693. The molecule has 12 nitrogen and oxygen atoms in total. The van der Waals surface area contributed by atoms with Crippen LogP contribution < -0.4 is 32.7 Å². The minimum absolute atomic E-state index is 0.0130. The van der Waals surface area contributed by atoms with Gasteiger partial charge in [-0.15, -0.1) is 5.10 Å². The molecule has 31 heavy (non-hydrogen) atoms. The molecule has 0 bridgehead atoms. The van der Waals surface area contributed by atoms with E-state index in [1.54, 1.807) is 18.2 Å². The van der Waals surface area contributed by atoms with E-state index in [0.29, 0.717) is 21.8 Å². The number of aliphatic carboxylic acids is 1. The molecule has 2 atom stereocenters. The summed E-state index contributed by atoms with van der Waals surface area (Å²) in [4.78, 5) is 15.1. The third kappa shape index (κ3) is 4.71. The summed E-state index contributed by atoms with van der Waals surface area (Å²) >= 11 is 1.29. The Labute approximate surface area is 184 Å². The van der Waals surface area contributed by atoms with E-state index in [9.17, 15) is 13.2 Å². The van der Waals surface area contributed by atoms with Gasteiger partial charge < -0.3 is 16.6 Å². The molecule has 0 aliphatic carbocycles. The number of carboxylic acids is 1. The number of hydrazone groups is 1. The normalized spacial score (nSPS) is 13.8. The first kappa shape index (κ1) is 22.7. The number of nitrogens with zero attached hydrogens (tertiary/aromatic N) is 2. The molecular formula is C16H18N8O4S3. The number of hydrogen-bond acceptors (Lipinski definition) is 9. The lowest BCUT2D eigenvalue weighted by Gasteiger charge is -2.17. The maximum atomic E-state index is 12.7. The summed E-state index contributed by atoms with van der Waals surface area (Å²) in [5.74, 6) is 3.87. The smallest absolute Gasteiger partial charge is 0.318 e. The molecule has 2 unspecified atom stereocenters. The quantitative estimate of drug-likeness (QED) is 0.0931. The third-order valence-corrected chi connectivity index (χ3v) is 7.00. The van der Waals surface area contributed by atoms with Gasteiger partial charge in [0.25, 0.3) is 0 Å². The fraction of sp³-hybridized carbons (Fsp3) is 0.0625. The molecule has 15 heteroatoms. The largest absolute Gasteiger partial charge is 0.480 e. The van der Waals surface area contributed by atoms with Gasteiger partial charge in [-0.25, -0.2) is 34.6 Å². The minimum Gasteiger partial charge on any atom is -0.480 e. The molecule has 0 saturated carbocycles. The van der Waals surface area contributed by atoms with Crippen molar-refractivity contribution in [1.29, 1.82) is 0 Å². The number of fused-ring (bicyclic) bond motifs is 1. The van der Waals surface area contributed by atoms with Crippen LogP contribution in [-0.2, 0) is 26.8 Å². The maximum Gasteiger partial charge on any atom is 0.318 e. The number of nitrogens with one attached hydrogen (secondary N) is 2. The van der Waals surface area contributed by atoms with Crippen LogP contribution in [0.5, 0.6) is 0 Å². The second-order valence-electron chi connectivity index (χ2n) is 5.93. The molecule has 1 aromatic heterocycles. The standard InChI is InChI=1S/C16H18N8O4S3/c17-15(23-24-19)12-7(8-2-1-3-9-13(8)22-16(18)29-9)4-5-10(14(12)30(20)27)31(28)21-6-11(25)26/h1-5,21,24H,6,19-20H2,(H2,17,23)(H2,18,22)(H,25,26). The van der Waals surface area contributed by atoms with Gasteiger partial charge in [-0.3, -0.25) is 4.79 Å². The van der Waals surface area contributed by atoms with Crippen LogP contribution in [0.2, 0.25) is 0 Å². The van der Waals surface area contributed by atoms with Crippen LogP contribution in [0, 0.1) is 0 Å². The summed E-state index contributed by atoms with van der Waals surface area (Å²) in [6.07, 6.45) is 0. The Hall–Kier alpha value is -2.95. The van der Waals surface area contributed by atoms with Crippen molar-refractivity contribution in [3.8, 4) is 11.1 Å². The van der Waals surface area contributed by atoms with E-state index in [2.05, 4.69) is 20.3 Å². The molecule has 1 heterocycles.